The summed E-state index contributed by atoms with van der Waals surface area (Å²) in [7, 11) is 1.99. The normalized spacial score (nSPS) is 16.6. The Kier molecular flexibility index (Phi) is 5.43. The maximum absolute atomic E-state index is 12.0. The van der Waals surface area contributed by atoms with Gasteiger partial charge in [-0.3, -0.25) is 4.79 Å². The minimum absolute atomic E-state index is 0.191. The Morgan fingerprint density at radius 3 is 2.75 bits per heavy atom. The molecule has 2 heterocycles. The van der Waals surface area contributed by atoms with E-state index in [0.29, 0.717) is 11.6 Å². The fraction of sp³-hybridized carbons (Fsp3) is 0.714. The van der Waals surface area contributed by atoms with Crippen LogP contribution in [0.1, 0.15) is 26.2 Å². The molecular formula is C14H23ClN4O. The van der Waals surface area contributed by atoms with Crippen molar-refractivity contribution in [3.63, 3.8) is 0 Å². The monoisotopic (exact) mass is 298 g/mol. The zero-order valence-corrected chi connectivity index (χ0v) is 13.0. The SMILES string of the molecule is CCn1ncc(N2CCC(CCNC)CC2)c(Cl)c1=O. The summed E-state index contributed by atoms with van der Waals surface area (Å²) in [6.07, 6.45) is 5.23. The number of nitrogens with zero attached hydrogens (tertiary/aromatic N) is 3. The van der Waals surface area contributed by atoms with E-state index < -0.39 is 0 Å². The topological polar surface area (TPSA) is 50.2 Å². The summed E-state index contributed by atoms with van der Waals surface area (Å²) in [5.74, 6) is 0.765. The number of anilines is 1. The average Bonchev–Trinajstić information content (AvgIpc) is 2.48. The van der Waals surface area contributed by atoms with Crippen molar-refractivity contribution in [3.05, 3.63) is 21.6 Å². The molecule has 0 amide bonds. The lowest BCUT2D eigenvalue weighted by Crippen LogP contribution is -2.36. The van der Waals surface area contributed by atoms with E-state index in [4.69, 9.17) is 11.6 Å². The molecule has 0 aliphatic carbocycles. The van der Waals surface area contributed by atoms with Gasteiger partial charge in [-0.1, -0.05) is 11.6 Å². The number of hydrogen-bond acceptors (Lipinski definition) is 4. The lowest BCUT2D eigenvalue weighted by atomic mass is 9.93. The second-order valence-electron chi connectivity index (χ2n) is 5.29. The molecular weight excluding hydrogens is 276 g/mol. The van der Waals surface area contributed by atoms with Crippen LogP contribution in [0.2, 0.25) is 5.02 Å². The first kappa shape index (κ1) is 15.3. The van der Waals surface area contributed by atoms with E-state index in [1.807, 2.05) is 14.0 Å². The number of halogens is 1. The van der Waals surface area contributed by atoms with Gasteiger partial charge in [-0.25, -0.2) is 4.68 Å². The van der Waals surface area contributed by atoms with Crippen LogP contribution in [0.3, 0.4) is 0 Å². The molecule has 0 saturated carbocycles. The molecule has 0 radical (unpaired) electrons. The first-order valence-electron chi connectivity index (χ1n) is 7.32. The van der Waals surface area contributed by atoms with Crippen molar-refractivity contribution in [2.75, 3.05) is 31.6 Å². The molecule has 5 nitrogen and oxygen atoms in total. The van der Waals surface area contributed by atoms with Crippen LogP contribution in [0.15, 0.2) is 11.0 Å². The summed E-state index contributed by atoms with van der Waals surface area (Å²) in [4.78, 5) is 14.2. The second kappa shape index (κ2) is 7.09. The Morgan fingerprint density at radius 1 is 1.45 bits per heavy atom. The lowest BCUT2D eigenvalue weighted by Gasteiger charge is -2.33. The highest BCUT2D eigenvalue weighted by Gasteiger charge is 2.22. The number of nitrogens with one attached hydrogen (secondary N) is 1. The fourth-order valence-corrected chi connectivity index (χ4v) is 2.98. The van der Waals surface area contributed by atoms with E-state index in [1.165, 1.54) is 11.1 Å². The molecule has 1 aliphatic heterocycles. The quantitative estimate of drug-likeness (QED) is 0.900. The molecule has 0 atom stereocenters. The van der Waals surface area contributed by atoms with E-state index in [-0.39, 0.29) is 5.56 Å². The molecule has 6 heteroatoms. The van der Waals surface area contributed by atoms with Gasteiger partial charge >= 0.3 is 0 Å². The molecule has 2 rings (SSSR count). The highest BCUT2D eigenvalue weighted by Crippen LogP contribution is 2.27. The van der Waals surface area contributed by atoms with Crippen LogP contribution < -0.4 is 15.8 Å². The highest BCUT2D eigenvalue weighted by atomic mass is 35.5. The van der Waals surface area contributed by atoms with Crippen molar-refractivity contribution < 1.29 is 0 Å². The summed E-state index contributed by atoms with van der Waals surface area (Å²) in [6, 6.07) is 0. The maximum atomic E-state index is 12.0. The Morgan fingerprint density at radius 2 is 2.15 bits per heavy atom. The number of hydrogen-bond donors (Lipinski definition) is 1. The van der Waals surface area contributed by atoms with E-state index in [1.54, 1.807) is 6.20 Å². The van der Waals surface area contributed by atoms with Gasteiger partial charge in [0.25, 0.3) is 5.56 Å². The highest BCUT2D eigenvalue weighted by molar-refractivity contribution is 6.33. The van der Waals surface area contributed by atoms with Gasteiger partial charge in [0.05, 0.1) is 11.9 Å². The van der Waals surface area contributed by atoms with Crippen LogP contribution in [0, 0.1) is 5.92 Å². The Hall–Kier alpha value is -1.07. The molecule has 112 valence electrons. The summed E-state index contributed by atoms with van der Waals surface area (Å²) < 4.78 is 1.39. The minimum Gasteiger partial charge on any atom is -0.369 e. The van der Waals surface area contributed by atoms with Crippen LogP contribution in [0.25, 0.3) is 0 Å². The molecule has 1 aromatic rings. The van der Waals surface area contributed by atoms with Crippen LogP contribution in [-0.2, 0) is 6.54 Å². The molecule has 1 fully saturated rings. The zero-order valence-electron chi connectivity index (χ0n) is 12.2. The van der Waals surface area contributed by atoms with E-state index >= 15 is 0 Å². The van der Waals surface area contributed by atoms with Crippen LogP contribution in [0.4, 0.5) is 5.69 Å². The zero-order chi connectivity index (χ0) is 14.5. The Balaban J connectivity index is 2.04. The standard InChI is InChI=1S/C14H23ClN4O/c1-3-19-14(20)13(15)12(10-17-19)18-8-5-11(6-9-18)4-7-16-2/h10-11,16H,3-9H2,1-2H3. The average molecular weight is 299 g/mol. The number of piperidine rings is 1. The van der Waals surface area contributed by atoms with Gasteiger partial charge in [-0.15, -0.1) is 0 Å². The summed E-state index contributed by atoms with van der Waals surface area (Å²) in [5, 5.41) is 7.67. The van der Waals surface area contributed by atoms with E-state index in [9.17, 15) is 4.79 Å². The van der Waals surface area contributed by atoms with Crippen molar-refractivity contribution in [3.8, 4) is 0 Å². The van der Waals surface area contributed by atoms with Gasteiger partial charge in [0.1, 0.15) is 5.02 Å². The molecule has 20 heavy (non-hydrogen) atoms. The van der Waals surface area contributed by atoms with Crippen molar-refractivity contribution in [1.82, 2.24) is 15.1 Å². The third-order valence-electron chi connectivity index (χ3n) is 4.02. The van der Waals surface area contributed by atoms with Gasteiger partial charge in [0.15, 0.2) is 0 Å². The van der Waals surface area contributed by atoms with Gasteiger partial charge in [-0.2, -0.15) is 5.10 Å². The van der Waals surface area contributed by atoms with Crippen molar-refractivity contribution in [1.29, 1.82) is 0 Å². The van der Waals surface area contributed by atoms with Gasteiger partial charge in [-0.05, 0) is 45.7 Å². The number of rotatable bonds is 5. The summed E-state index contributed by atoms with van der Waals surface area (Å²) in [5.41, 5.74) is 0.595. The molecule has 0 bridgehead atoms. The second-order valence-corrected chi connectivity index (χ2v) is 5.67. The fourth-order valence-electron chi connectivity index (χ4n) is 2.71. The van der Waals surface area contributed by atoms with Crippen LogP contribution >= 0.6 is 11.6 Å². The summed E-state index contributed by atoms with van der Waals surface area (Å²) >= 11 is 6.21. The molecule has 1 aliphatic rings. The van der Waals surface area contributed by atoms with E-state index in [2.05, 4.69) is 15.3 Å². The predicted octanol–water partition coefficient (Wildman–Crippen LogP) is 1.74. The first-order valence-corrected chi connectivity index (χ1v) is 7.70. The lowest BCUT2D eigenvalue weighted by molar-refractivity contribution is 0.377. The third kappa shape index (κ3) is 3.33. The summed E-state index contributed by atoms with van der Waals surface area (Å²) in [6.45, 7) is 5.40. The number of aryl methyl sites for hydroxylation is 1. The van der Waals surface area contributed by atoms with Gasteiger partial charge in [0.2, 0.25) is 0 Å². The Bertz CT molecular complexity index is 494. The maximum Gasteiger partial charge on any atom is 0.287 e. The first-order chi connectivity index (χ1) is 9.67. The minimum atomic E-state index is -0.191. The smallest absolute Gasteiger partial charge is 0.287 e. The van der Waals surface area contributed by atoms with E-state index in [0.717, 1.165) is 44.1 Å². The number of aromatic nitrogens is 2. The molecule has 1 aromatic heterocycles. The molecule has 0 unspecified atom stereocenters. The molecule has 0 aromatic carbocycles. The Labute approximate surface area is 124 Å². The van der Waals surface area contributed by atoms with Crippen LogP contribution in [0.5, 0.6) is 0 Å². The van der Waals surface area contributed by atoms with Crippen LogP contribution in [-0.4, -0.2) is 36.5 Å². The predicted molar refractivity (Wildman–Crippen MR) is 82.7 cm³/mol. The van der Waals surface area contributed by atoms with Crippen molar-refractivity contribution in [2.24, 2.45) is 5.92 Å². The molecule has 0 spiro atoms. The van der Waals surface area contributed by atoms with Gasteiger partial charge < -0.3 is 10.2 Å². The van der Waals surface area contributed by atoms with Gasteiger partial charge in [0, 0.05) is 19.6 Å². The van der Waals surface area contributed by atoms with Crippen molar-refractivity contribution >= 4 is 17.3 Å². The molecule has 1 N–H and O–H groups in total. The third-order valence-corrected chi connectivity index (χ3v) is 4.38. The van der Waals surface area contributed by atoms with Crippen molar-refractivity contribution in [2.45, 2.75) is 32.7 Å². The molecule has 1 saturated heterocycles. The largest absolute Gasteiger partial charge is 0.369 e.